The minimum absolute atomic E-state index is 0.387. The molecule has 0 saturated heterocycles. The minimum Gasteiger partial charge on any atom is -0.480 e. The van der Waals surface area contributed by atoms with E-state index in [9.17, 15) is 9.59 Å². The van der Waals surface area contributed by atoms with Crippen LogP contribution in [0.25, 0.3) is 0 Å². The lowest BCUT2D eigenvalue weighted by Gasteiger charge is -2.20. The largest absolute Gasteiger partial charge is 0.480 e. The van der Waals surface area contributed by atoms with Crippen LogP contribution in [0.1, 0.15) is 25.3 Å². The number of amides is 2. The summed E-state index contributed by atoms with van der Waals surface area (Å²) in [4.78, 5) is 24.3. The van der Waals surface area contributed by atoms with Gasteiger partial charge in [-0.2, -0.15) is 5.10 Å². The molecule has 0 spiro atoms. The Balaban J connectivity index is 2.54. The van der Waals surface area contributed by atoms with Gasteiger partial charge in [-0.1, -0.05) is 13.3 Å². The Kier molecular flexibility index (Phi) is 5.35. The zero-order valence-electron chi connectivity index (χ0n) is 11.5. The fourth-order valence-corrected chi connectivity index (χ4v) is 1.70. The summed E-state index contributed by atoms with van der Waals surface area (Å²) in [5, 5.41) is 15.5. The first-order valence-electron chi connectivity index (χ1n) is 6.16. The summed E-state index contributed by atoms with van der Waals surface area (Å²) in [6, 6.07) is -1.24. The Hall–Kier alpha value is -2.05. The van der Waals surface area contributed by atoms with Gasteiger partial charge < -0.3 is 15.3 Å². The molecule has 7 heteroatoms. The molecule has 1 heterocycles. The van der Waals surface area contributed by atoms with Crippen molar-refractivity contribution >= 4 is 12.0 Å². The Morgan fingerprint density at radius 2 is 2.26 bits per heavy atom. The number of carbonyl (C=O) groups is 2. The van der Waals surface area contributed by atoms with Gasteiger partial charge >= 0.3 is 12.0 Å². The van der Waals surface area contributed by atoms with Crippen molar-refractivity contribution < 1.29 is 14.7 Å². The third-order valence-electron chi connectivity index (χ3n) is 2.70. The van der Waals surface area contributed by atoms with Crippen LogP contribution in [0.3, 0.4) is 0 Å². The number of carbonyl (C=O) groups excluding carboxylic acids is 1. The van der Waals surface area contributed by atoms with Gasteiger partial charge in [-0.3, -0.25) is 4.68 Å². The van der Waals surface area contributed by atoms with Gasteiger partial charge in [0.25, 0.3) is 0 Å². The lowest BCUT2D eigenvalue weighted by Crippen LogP contribution is -2.46. The lowest BCUT2D eigenvalue weighted by molar-refractivity contribution is -0.139. The van der Waals surface area contributed by atoms with E-state index >= 15 is 0 Å². The highest BCUT2D eigenvalue weighted by Gasteiger charge is 2.20. The fourth-order valence-electron chi connectivity index (χ4n) is 1.70. The van der Waals surface area contributed by atoms with E-state index in [1.165, 1.54) is 4.90 Å². The highest BCUT2D eigenvalue weighted by Crippen LogP contribution is 2.03. The molecule has 106 valence electrons. The summed E-state index contributed by atoms with van der Waals surface area (Å²) in [5.41, 5.74) is 0.891. The van der Waals surface area contributed by atoms with Gasteiger partial charge in [-0.15, -0.1) is 0 Å². The smallest absolute Gasteiger partial charge is 0.326 e. The topological polar surface area (TPSA) is 87.5 Å². The predicted octanol–water partition coefficient (Wildman–Crippen LogP) is 0.815. The van der Waals surface area contributed by atoms with Gasteiger partial charge in [-0.05, 0) is 6.42 Å². The zero-order valence-corrected chi connectivity index (χ0v) is 11.5. The van der Waals surface area contributed by atoms with Gasteiger partial charge in [0, 0.05) is 25.9 Å². The van der Waals surface area contributed by atoms with E-state index < -0.39 is 18.0 Å². The average Bonchev–Trinajstić information content (AvgIpc) is 2.73. The predicted molar refractivity (Wildman–Crippen MR) is 69.5 cm³/mol. The molecular weight excluding hydrogens is 248 g/mol. The Labute approximate surface area is 112 Å². The quantitative estimate of drug-likeness (QED) is 0.799. The summed E-state index contributed by atoms with van der Waals surface area (Å²) < 4.78 is 1.65. The first-order valence-corrected chi connectivity index (χ1v) is 6.16. The Bertz CT molecular complexity index is 444. The van der Waals surface area contributed by atoms with Crippen LogP contribution in [0.4, 0.5) is 4.79 Å². The zero-order chi connectivity index (χ0) is 14.4. The number of carboxylic acid groups (broad SMARTS) is 1. The van der Waals surface area contributed by atoms with E-state index in [0.29, 0.717) is 19.4 Å². The fraction of sp³-hybridized carbons (Fsp3) is 0.583. The van der Waals surface area contributed by atoms with Gasteiger partial charge in [0.15, 0.2) is 0 Å². The van der Waals surface area contributed by atoms with Gasteiger partial charge in [0.1, 0.15) is 6.04 Å². The van der Waals surface area contributed by atoms with Crippen LogP contribution in [0, 0.1) is 0 Å². The van der Waals surface area contributed by atoms with E-state index in [-0.39, 0.29) is 0 Å². The van der Waals surface area contributed by atoms with Crippen molar-refractivity contribution in [2.24, 2.45) is 7.05 Å². The van der Waals surface area contributed by atoms with Crippen molar-refractivity contribution in [3.63, 3.8) is 0 Å². The molecule has 0 aliphatic carbocycles. The molecule has 0 fully saturated rings. The SMILES string of the molecule is CCC[C@@H](NC(=O)N(C)Cc1cnn(C)c1)C(=O)O. The van der Waals surface area contributed by atoms with Gasteiger partial charge in [0.05, 0.1) is 12.7 Å². The molecule has 0 bridgehead atoms. The third-order valence-corrected chi connectivity index (χ3v) is 2.70. The molecule has 1 aromatic rings. The second kappa shape index (κ2) is 6.77. The van der Waals surface area contributed by atoms with Crippen molar-refractivity contribution in [1.82, 2.24) is 20.0 Å². The molecule has 0 aliphatic heterocycles. The second-order valence-electron chi connectivity index (χ2n) is 4.51. The second-order valence-corrected chi connectivity index (χ2v) is 4.51. The number of nitrogens with one attached hydrogen (secondary N) is 1. The Morgan fingerprint density at radius 3 is 2.74 bits per heavy atom. The van der Waals surface area contributed by atoms with E-state index in [1.807, 2.05) is 13.1 Å². The van der Waals surface area contributed by atoms with E-state index in [1.54, 1.807) is 25.0 Å². The van der Waals surface area contributed by atoms with Crippen molar-refractivity contribution in [2.45, 2.75) is 32.4 Å². The number of hydrogen-bond donors (Lipinski definition) is 2. The monoisotopic (exact) mass is 268 g/mol. The average molecular weight is 268 g/mol. The number of carboxylic acids is 1. The van der Waals surface area contributed by atoms with Gasteiger partial charge in [-0.25, -0.2) is 9.59 Å². The molecule has 0 aliphatic rings. The summed E-state index contributed by atoms with van der Waals surface area (Å²) in [5.74, 6) is -1.01. The molecule has 2 N–H and O–H groups in total. The standard InChI is InChI=1S/C12H20N4O3/c1-4-5-10(11(17)18)14-12(19)15(2)7-9-6-13-16(3)8-9/h6,8,10H,4-5,7H2,1-3H3,(H,14,19)(H,17,18)/t10-/m1/s1. The molecule has 1 rings (SSSR count). The summed E-state index contributed by atoms with van der Waals surface area (Å²) >= 11 is 0. The van der Waals surface area contributed by atoms with E-state index in [0.717, 1.165) is 5.56 Å². The van der Waals surface area contributed by atoms with Crippen LogP contribution in [0.5, 0.6) is 0 Å². The number of aliphatic carboxylic acids is 1. The number of aryl methyl sites for hydroxylation is 1. The first-order chi connectivity index (χ1) is 8.93. The highest BCUT2D eigenvalue weighted by molar-refractivity contribution is 5.82. The van der Waals surface area contributed by atoms with Crippen LogP contribution >= 0.6 is 0 Å². The normalized spacial score (nSPS) is 11.9. The number of aromatic nitrogens is 2. The molecule has 0 saturated carbocycles. The maximum Gasteiger partial charge on any atom is 0.326 e. The molecule has 0 aromatic carbocycles. The first kappa shape index (κ1) is 15.0. The van der Waals surface area contributed by atoms with Crippen molar-refractivity contribution in [3.8, 4) is 0 Å². The maximum atomic E-state index is 11.9. The van der Waals surface area contributed by atoms with Crippen LogP contribution in [0.2, 0.25) is 0 Å². The summed E-state index contributed by atoms with van der Waals surface area (Å²) in [6.45, 7) is 2.26. The number of urea groups is 1. The maximum absolute atomic E-state index is 11.9. The minimum atomic E-state index is -1.01. The van der Waals surface area contributed by atoms with Crippen LogP contribution in [-0.2, 0) is 18.4 Å². The van der Waals surface area contributed by atoms with Crippen LogP contribution < -0.4 is 5.32 Å². The molecule has 1 aromatic heterocycles. The molecule has 0 radical (unpaired) electrons. The van der Waals surface area contributed by atoms with Gasteiger partial charge in [0.2, 0.25) is 0 Å². The van der Waals surface area contributed by atoms with E-state index in [2.05, 4.69) is 10.4 Å². The third kappa shape index (κ3) is 4.61. The number of hydrogen-bond acceptors (Lipinski definition) is 3. The summed E-state index contributed by atoms with van der Waals surface area (Å²) in [6.07, 6.45) is 4.60. The molecule has 0 unspecified atom stereocenters. The van der Waals surface area contributed by atoms with Crippen molar-refractivity contribution in [1.29, 1.82) is 0 Å². The molecule has 7 nitrogen and oxygen atoms in total. The Morgan fingerprint density at radius 1 is 1.58 bits per heavy atom. The highest BCUT2D eigenvalue weighted by atomic mass is 16.4. The van der Waals surface area contributed by atoms with Crippen LogP contribution in [0.15, 0.2) is 12.4 Å². The molecule has 2 amide bonds. The van der Waals surface area contributed by atoms with Crippen LogP contribution in [-0.4, -0.2) is 44.9 Å². The lowest BCUT2D eigenvalue weighted by atomic mass is 10.2. The molecule has 19 heavy (non-hydrogen) atoms. The molecular formula is C12H20N4O3. The van der Waals surface area contributed by atoms with Crippen molar-refractivity contribution in [3.05, 3.63) is 18.0 Å². The molecule has 1 atom stereocenters. The van der Waals surface area contributed by atoms with Crippen molar-refractivity contribution in [2.75, 3.05) is 7.05 Å². The summed E-state index contributed by atoms with van der Waals surface area (Å²) in [7, 11) is 3.42. The number of rotatable bonds is 6. The van der Waals surface area contributed by atoms with E-state index in [4.69, 9.17) is 5.11 Å². The number of nitrogens with zero attached hydrogens (tertiary/aromatic N) is 3.